The van der Waals surface area contributed by atoms with E-state index < -0.39 is 0 Å². The van der Waals surface area contributed by atoms with Gasteiger partial charge >= 0.3 is 0 Å². The molecule has 1 fully saturated rings. The maximum Gasteiger partial charge on any atom is 0.0787 e. The molecular weight excluding hydrogens is 210 g/mol. The minimum absolute atomic E-state index is 0.345. The van der Waals surface area contributed by atoms with Gasteiger partial charge in [0.15, 0.2) is 0 Å². The Hall–Kier alpha value is -1.12. The van der Waals surface area contributed by atoms with E-state index in [9.17, 15) is 0 Å². The Labute approximate surface area is 103 Å². The van der Waals surface area contributed by atoms with Crippen molar-refractivity contribution in [3.8, 4) is 0 Å². The molecule has 3 rings (SSSR count). The van der Waals surface area contributed by atoms with Crippen molar-refractivity contribution in [3.05, 3.63) is 41.5 Å². The van der Waals surface area contributed by atoms with Gasteiger partial charge in [0, 0.05) is 18.5 Å². The van der Waals surface area contributed by atoms with Gasteiger partial charge in [-0.25, -0.2) is 0 Å². The van der Waals surface area contributed by atoms with Crippen LogP contribution < -0.4 is 5.32 Å². The number of fused-ring (bicyclic) bond motifs is 3. The van der Waals surface area contributed by atoms with Crippen LogP contribution in [-0.4, -0.2) is 18.7 Å². The average molecular weight is 229 g/mol. The number of hydrogen-bond donors (Lipinski definition) is 1. The van der Waals surface area contributed by atoms with Gasteiger partial charge in [0.1, 0.15) is 0 Å². The molecule has 2 heteroatoms. The molecule has 0 amide bonds. The summed E-state index contributed by atoms with van der Waals surface area (Å²) in [7, 11) is 0. The van der Waals surface area contributed by atoms with E-state index in [0.717, 1.165) is 18.7 Å². The van der Waals surface area contributed by atoms with E-state index in [2.05, 4.69) is 43.9 Å². The van der Waals surface area contributed by atoms with Gasteiger partial charge in [-0.2, -0.15) is 0 Å². The highest BCUT2D eigenvalue weighted by atomic mass is 16.5. The van der Waals surface area contributed by atoms with Crippen LogP contribution in [0.5, 0.6) is 0 Å². The molecule has 0 saturated carbocycles. The number of hydrogen-bond acceptors (Lipinski definition) is 2. The van der Waals surface area contributed by atoms with Crippen molar-refractivity contribution in [2.24, 2.45) is 0 Å². The molecule has 1 N–H and O–H groups in total. The number of allylic oxidation sites excluding steroid dienone is 1. The van der Waals surface area contributed by atoms with Crippen LogP contribution >= 0.6 is 0 Å². The number of rotatable bonds is 1. The van der Waals surface area contributed by atoms with Crippen LogP contribution in [0.15, 0.2) is 24.8 Å². The van der Waals surface area contributed by atoms with Gasteiger partial charge in [-0.05, 0) is 30.5 Å². The molecule has 17 heavy (non-hydrogen) atoms. The molecular formula is C15H19NO. The topological polar surface area (TPSA) is 21.3 Å². The van der Waals surface area contributed by atoms with Gasteiger partial charge in [-0.1, -0.05) is 30.4 Å². The highest BCUT2D eigenvalue weighted by molar-refractivity contribution is 5.66. The fourth-order valence-electron chi connectivity index (χ4n) is 3.18. The van der Waals surface area contributed by atoms with E-state index in [1.807, 2.05) is 0 Å². The molecule has 2 nitrogen and oxygen atoms in total. The minimum atomic E-state index is 0.345. The Morgan fingerprint density at radius 1 is 1.47 bits per heavy atom. The number of nitrogens with one attached hydrogen (secondary N) is 1. The molecule has 1 aromatic rings. The molecule has 3 atom stereocenters. The van der Waals surface area contributed by atoms with Crippen LogP contribution in [0.1, 0.15) is 36.5 Å². The molecule has 3 unspecified atom stereocenters. The summed E-state index contributed by atoms with van der Waals surface area (Å²) in [6.45, 7) is 10.1. The first-order chi connectivity index (χ1) is 8.18. The van der Waals surface area contributed by atoms with Crippen molar-refractivity contribution in [1.29, 1.82) is 0 Å². The maximum absolute atomic E-state index is 5.99. The Balaban J connectivity index is 2.11. The van der Waals surface area contributed by atoms with Crippen LogP contribution in [0, 0.1) is 0 Å². The Morgan fingerprint density at radius 2 is 2.29 bits per heavy atom. The largest absolute Gasteiger partial charge is 0.371 e. The third-order valence-electron chi connectivity index (χ3n) is 4.05. The predicted molar refractivity (Wildman–Crippen MR) is 69.9 cm³/mol. The van der Waals surface area contributed by atoms with Crippen LogP contribution in [0.2, 0.25) is 0 Å². The molecule has 1 saturated heterocycles. The quantitative estimate of drug-likeness (QED) is 0.799. The summed E-state index contributed by atoms with van der Waals surface area (Å²) in [4.78, 5) is 0. The lowest BCUT2D eigenvalue weighted by Gasteiger charge is -2.31. The molecule has 2 aliphatic rings. The summed E-state index contributed by atoms with van der Waals surface area (Å²) in [5.74, 6) is 0.498. The zero-order valence-corrected chi connectivity index (χ0v) is 10.5. The monoisotopic (exact) mass is 229 g/mol. The highest BCUT2D eigenvalue weighted by Gasteiger charge is 2.39. The SMILES string of the molecule is C=C(C)c1cccc2c1COC1CNC(C)C21. The van der Waals surface area contributed by atoms with E-state index in [1.165, 1.54) is 16.7 Å². The lowest BCUT2D eigenvalue weighted by molar-refractivity contribution is 0.0271. The standard InChI is InChI=1S/C15H19NO/c1-9(2)11-5-4-6-12-13(11)8-17-14-7-16-10(3)15(12)14/h4-6,10,14-16H,1,7-8H2,2-3H3. The van der Waals surface area contributed by atoms with Gasteiger partial charge in [0.05, 0.1) is 12.7 Å². The lowest BCUT2D eigenvalue weighted by Crippen LogP contribution is -2.29. The molecule has 0 aliphatic carbocycles. The first kappa shape index (κ1) is 11.0. The third kappa shape index (κ3) is 1.63. The molecule has 1 aromatic carbocycles. The van der Waals surface area contributed by atoms with E-state index in [1.54, 1.807) is 0 Å². The molecule has 2 heterocycles. The molecule has 0 spiro atoms. The first-order valence-electron chi connectivity index (χ1n) is 6.31. The second-order valence-electron chi connectivity index (χ2n) is 5.23. The average Bonchev–Trinajstić information content (AvgIpc) is 2.70. The number of benzene rings is 1. The minimum Gasteiger partial charge on any atom is -0.371 e. The Bertz CT molecular complexity index is 466. The summed E-state index contributed by atoms with van der Waals surface area (Å²) in [5.41, 5.74) is 5.19. The van der Waals surface area contributed by atoms with Gasteiger partial charge < -0.3 is 10.1 Å². The van der Waals surface area contributed by atoms with Crippen molar-refractivity contribution in [1.82, 2.24) is 5.32 Å². The fraction of sp³-hybridized carbons (Fsp3) is 0.467. The van der Waals surface area contributed by atoms with Crippen LogP contribution in [0.4, 0.5) is 0 Å². The zero-order valence-electron chi connectivity index (χ0n) is 10.5. The second-order valence-corrected chi connectivity index (χ2v) is 5.23. The van der Waals surface area contributed by atoms with Gasteiger partial charge in [-0.15, -0.1) is 0 Å². The summed E-state index contributed by atoms with van der Waals surface area (Å²) in [6, 6.07) is 7.05. The fourth-order valence-corrected chi connectivity index (χ4v) is 3.18. The molecule has 0 aromatic heterocycles. The van der Waals surface area contributed by atoms with E-state index >= 15 is 0 Å². The summed E-state index contributed by atoms with van der Waals surface area (Å²) in [6.07, 6.45) is 0.345. The zero-order chi connectivity index (χ0) is 12.0. The highest BCUT2D eigenvalue weighted by Crippen LogP contribution is 2.39. The Morgan fingerprint density at radius 3 is 3.06 bits per heavy atom. The smallest absolute Gasteiger partial charge is 0.0787 e. The van der Waals surface area contributed by atoms with Crippen molar-refractivity contribution >= 4 is 5.57 Å². The van der Waals surface area contributed by atoms with Crippen molar-refractivity contribution in [2.45, 2.75) is 38.5 Å². The van der Waals surface area contributed by atoms with Crippen molar-refractivity contribution in [2.75, 3.05) is 6.54 Å². The van der Waals surface area contributed by atoms with E-state index in [-0.39, 0.29) is 0 Å². The molecule has 2 aliphatic heterocycles. The molecule has 0 bridgehead atoms. The van der Waals surface area contributed by atoms with Crippen molar-refractivity contribution in [3.63, 3.8) is 0 Å². The third-order valence-corrected chi connectivity index (χ3v) is 4.05. The van der Waals surface area contributed by atoms with Gasteiger partial charge in [-0.3, -0.25) is 0 Å². The lowest BCUT2D eigenvalue weighted by atomic mass is 9.83. The molecule has 90 valence electrons. The van der Waals surface area contributed by atoms with Crippen molar-refractivity contribution < 1.29 is 4.74 Å². The normalized spacial score (nSPS) is 30.8. The van der Waals surface area contributed by atoms with Gasteiger partial charge in [0.25, 0.3) is 0 Å². The van der Waals surface area contributed by atoms with Crippen LogP contribution in [-0.2, 0) is 11.3 Å². The summed E-state index contributed by atoms with van der Waals surface area (Å²) >= 11 is 0. The summed E-state index contributed by atoms with van der Waals surface area (Å²) < 4.78 is 5.99. The number of ether oxygens (including phenoxy) is 1. The Kier molecular flexibility index (Phi) is 2.57. The maximum atomic E-state index is 5.99. The van der Waals surface area contributed by atoms with Crippen LogP contribution in [0.25, 0.3) is 5.57 Å². The van der Waals surface area contributed by atoms with Gasteiger partial charge in [0.2, 0.25) is 0 Å². The van der Waals surface area contributed by atoms with E-state index in [0.29, 0.717) is 18.1 Å². The predicted octanol–water partition coefficient (Wildman–Crippen LogP) is 2.69. The van der Waals surface area contributed by atoms with Crippen LogP contribution in [0.3, 0.4) is 0 Å². The first-order valence-corrected chi connectivity index (χ1v) is 6.31. The van der Waals surface area contributed by atoms with E-state index in [4.69, 9.17) is 4.74 Å². The summed E-state index contributed by atoms with van der Waals surface area (Å²) in [5, 5.41) is 3.50. The molecule has 0 radical (unpaired) electrons. The second kappa shape index (κ2) is 3.97.